The lowest BCUT2D eigenvalue weighted by molar-refractivity contribution is -0.127. The first-order valence-corrected chi connectivity index (χ1v) is 11.6. The van der Waals surface area contributed by atoms with Crippen molar-refractivity contribution < 1.29 is 9.53 Å². The number of benzene rings is 1. The van der Waals surface area contributed by atoms with Crippen molar-refractivity contribution in [3.8, 4) is 5.75 Å². The topological polar surface area (TPSA) is 42.4 Å². The van der Waals surface area contributed by atoms with Crippen LogP contribution >= 0.6 is 22.7 Å². The summed E-state index contributed by atoms with van der Waals surface area (Å²) in [5.41, 5.74) is 4.06. The zero-order valence-electron chi connectivity index (χ0n) is 16.4. The van der Waals surface area contributed by atoms with Gasteiger partial charge >= 0.3 is 0 Å². The summed E-state index contributed by atoms with van der Waals surface area (Å²) in [6.45, 7) is 3.27. The van der Waals surface area contributed by atoms with Crippen molar-refractivity contribution in [2.24, 2.45) is 0 Å². The Morgan fingerprint density at radius 3 is 2.90 bits per heavy atom. The SMILES string of the molecule is Cc1ncsc1CCOc1cccc(CN(C(=O)/C=C/c2cccs2)C2CC2)c1. The lowest BCUT2D eigenvalue weighted by Crippen LogP contribution is -2.31. The number of thiazole rings is 1. The molecule has 0 saturated heterocycles. The molecule has 1 amide bonds. The Hall–Kier alpha value is -2.44. The van der Waals surface area contributed by atoms with Gasteiger partial charge in [-0.2, -0.15) is 0 Å². The molecule has 1 aliphatic carbocycles. The highest BCUT2D eigenvalue weighted by atomic mass is 32.1. The summed E-state index contributed by atoms with van der Waals surface area (Å²) in [6, 6.07) is 12.5. The van der Waals surface area contributed by atoms with Gasteiger partial charge in [-0.1, -0.05) is 18.2 Å². The Balaban J connectivity index is 1.36. The van der Waals surface area contributed by atoms with Crippen LogP contribution in [0.3, 0.4) is 0 Å². The Labute approximate surface area is 179 Å². The first kappa shape index (κ1) is 19.9. The number of carbonyl (C=O) groups is 1. The molecule has 150 valence electrons. The van der Waals surface area contributed by atoms with Crippen molar-refractivity contribution in [1.29, 1.82) is 0 Å². The number of aryl methyl sites for hydroxylation is 1. The largest absolute Gasteiger partial charge is 0.493 e. The van der Waals surface area contributed by atoms with Gasteiger partial charge in [-0.05, 0) is 55.0 Å². The highest BCUT2D eigenvalue weighted by Gasteiger charge is 2.31. The monoisotopic (exact) mass is 424 g/mol. The molecule has 1 fully saturated rings. The van der Waals surface area contributed by atoms with E-state index in [1.54, 1.807) is 28.7 Å². The van der Waals surface area contributed by atoms with E-state index in [1.165, 1.54) is 4.88 Å². The molecule has 0 radical (unpaired) electrons. The molecule has 2 heterocycles. The molecule has 4 nitrogen and oxygen atoms in total. The van der Waals surface area contributed by atoms with E-state index >= 15 is 0 Å². The second-order valence-electron chi connectivity index (χ2n) is 7.15. The summed E-state index contributed by atoms with van der Waals surface area (Å²) in [7, 11) is 0. The average Bonchev–Trinajstić information content (AvgIpc) is 3.27. The molecule has 0 aliphatic heterocycles. The lowest BCUT2D eigenvalue weighted by Gasteiger charge is -2.21. The zero-order valence-corrected chi connectivity index (χ0v) is 18.0. The maximum atomic E-state index is 12.8. The van der Waals surface area contributed by atoms with Gasteiger partial charge in [-0.3, -0.25) is 4.79 Å². The molecule has 6 heteroatoms. The van der Waals surface area contributed by atoms with E-state index in [9.17, 15) is 4.79 Å². The fourth-order valence-corrected chi connectivity index (χ4v) is 4.55. The number of rotatable bonds is 9. The zero-order chi connectivity index (χ0) is 20.1. The van der Waals surface area contributed by atoms with E-state index < -0.39 is 0 Å². The van der Waals surface area contributed by atoms with Gasteiger partial charge < -0.3 is 9.64 Å². The highest BCUT2D eigenvalue weighted by Crippen LogP contribution is 2.29. The van der Waals surface area contributed by atoms with Crippen molar-refractivity contribution in [1.82, 2.24) is 9.88 Å². The minimum Gasteiger partial charge on any atom is -0.493 e. The number of aromatic nitrogens is 1. The number of carbonyl (C=O) groups excluding carboxylic acids is 1. The van der Waals surface area contributed by atoms with Gasteiger partial charge in [0.15, 0.2) is 0 Å². The maximum Gasteiger partial charge on any atom is 0.247 e. The van der Waals surface area contributed by atoms with Gasteiger partial charge in [0, 0.05) is 34.8 Å². The number of ether oxygens (including phenoxy) is 1. The van der Waals surface area contributed by atoms with Crippen LogP contribution in [0.25, 0.3) is 6.08 Å². The Bertz CT molecular complexity index is 974. The van der Waals surface area contributed by atoms with Crippen molar-refractivity contribution in [3.63, 3.8) is 0 Å². The molecule has 4 rings (SSSR count). The first-order valence-electron chi connectivity index (χ1n) is 9.82. The number of hydrogen-bond donors (Lipinski definition) is 0. The predicted molar refractivity (Wildman–Crippen MR) is 119 cm³/mol. The maximum absolute atomic E-state index is 12.8. The summed E-state index contributed by atoms with van der Waals surface area (Å²) in [4.78, 5) is 21.4. The van der Waals surface area contributed by atoms with Crippen LogP contribution in [0.15, 0.2) is 53.4 Å². The molecule has 0 unspecified atom stereocenters. The third-order valence-electron chi connectivity index (χ3n) is 4.90. The Morgan fingerprint density at radius 2 is 2.17 bits per heavy atom. The third kappa shape index (κ3) is 5.55. The molecule has 1 saturated carbocycles. The van der Waals surface area contributed by atoms with E-state index in [2.05, 4.69) is 11.1 Å². The predicted octanol–water partition coefficient (Wildman–Crippen LogP) is 5.34. The molecule has 1 aromatic carbocycles. The Kier molecular flexibility index (Phi) is 6.42. The Morgan fingerprint density at radius 1 is 1.28 bits per heavy atom. The van der Waals surface area contributed by atoms with Gasteiger partial charge in [0.1, 0.15) is 5.75 Å². The smallest absolute Gasteiger partial charge is 0.247 e. The molecular formula is C23H24N2O2S2. The molecular weight excluding hydrogens is 400 g/mol. The first-order chi connectivity index (χ1) is 14.2. The van der Waals surface area contributed by atoms with Gasteiger partial charge in [0.25, 0.3) is 0 Å². The molecule has 0 N–H and O–H groups in total. The molecule has 3 aromatic rings. The quantitative estimate of drug-likeness (QED) is 0.436. The molecule has 29 heavy (non-hydrogen) atoms. The summed E-state index contributed by atoms with van der Waals surface area (Å²) < 4.78 is 5.95. The van der Waals surface area contributed by atoms with Gasteiger partial charge in [-0.15, -0.1) is 22.7 Å². The fourth-order valence-electron chi connectivity index (χ4n) is 3.17. The van der Waals surface area contributed by atoms with E-state index in [1.807, 2.05) is 59.1 Å². The van der Waals surface area contributed by atoms with Crippen molar-refractivity contribution in [2.45, 2.75) is 38.8 Å². The average molecular weight is 425 g/mol. The van der Waals surface area contributed by atoms with Crippen LogP contribution in [-0.2, 0) is 17.8 Å². The van der Waals surface area contributed by atoms with E-state index in [4.69, 9.17) is 4.74 Å². The molecule has 0 bridgehead atoms. The molecule has 0 spiro atoms. The highest BCUT2D eigenvalue weighted by molar-refractivity contribution is 7.10. The molecule has 1 aliphatic rings. The minimum absolute atomic E-state index is 0.0768. The van der Waals surface area contributed by atoms with Crippen LogP contribution in [0.2, 0.25) is 0 Å². The summed E-state index contributed by atoms with van der Waals surface area (Å²) in [5, 5.41) is 2.02. The summed E-state index contributed by atoms with van der Waals surface area (Å²) in [6.07, 6.45) is 6.64. The normalized spacial score (nSPS) is 13.7. The molecule has 2 aromatic heterocycles. The number of hydrogen-bond acceptors (Lipinski definition) is 5. The number of nitrogens with zero attached hydrogens (tertiary/aromatic N) is 2. The van der Waals surface area contributed by atoms with Crippen molar-refractivity contribution in [3.05, 3.63) is 74.4 Å². The van der Waals surface area contributed by atoms with Crippen LogP contribution in [0.1, 0.15) is 33.9 Å². The number of amides is 1. The molecule has 0 atom stereocenters. The van der Waals surface area contributed by atoms with Gasteiger partial charge in [0.05, 0.1) is 17.8 Å². The third-order valence-corrected chi connectivity index (χ3v) is 6.73. The number of thiophene rings is 1. The van der Waals surface area contributed by atoms with Crippen LogP contribution in [0.5, 0.6) is 5.75 Å². The van der Waals surface area contributed by atoms with Crippen LogP contribution in [-0.4, -0.2) is 28.4 Å². The summed E-state index contributed by atoms with van der Waals surface area (Å²) in [5.74, 6) is 0.926. The van der Waals surface area contributed by atoms with Crippen molar-refractivity contribution >= 4 is 34.7 Å². The van der Waals surface area contributed by atoms with E-state index in [0.717, 1.165) is 41.1 Å². The van der Waals surface area contributed by atoms with Crippen LogP contribution in [0, 0.1) is 6.92 Å². The van der Waals surface area contributed by atoms with Crippen LogP contribution < -0.4 is 4.74 Å². The van der Waals surface area contributed by atoms with Gasteiger partial charge in [-0.25, -0.2) is 4.98 Å². The van der Waals surface area contributed by atoms with Crippen molar-refractivity contribution in [2.75, 3.05) is 6.61 Å². The van der Waals surface area contributed by atoms with Crippen LogP contribution in [0.4, 0.5) is 0 Å². The van der Waals surface area contributed by atoms with E-state index in [-0.39, 0.29) is 5.91 Å². The van der Waals surface area contributed by atoms with E-state index in [0.29, 0.717) is 19.2 Å². The lowest BCUT2D eigenvalue weighted by atomic mass is 10.2. The second-order valence-corrected chi connectivity index (χ2v) is 9.07. The minimum atomic E-state index is 0.0768. The fraction of sp³-hybridized carbons (Fsp3) is 0.304. The van der Waals surface area contributed by atoms with Gasteiger partial charge in [0.2, 0.25) is 5.91 Å². The second kappa shape index (κ2) is 9.37. The summed E-state index contributed by atoms with van der Waals surface area (Å²) >= 11 is 3.31. The standard InChI is InChI=1S/C23H24N2O2S2/c1-17-22(29-16-24-17)11-12-27-20-5-2-4-18(14-20)15-25(19-7-8-19)23(26)10-9-21-6-3-13-28-21/h2-6,9-10,13-14,16,19H,7-8,11-12,15H2,1H3/b10-9+.